The summed E-state index contributed by atoms with van der Waals surface area (Å²) >= 11 is 0. The first-order chi connectivity index (χ1) is 20.9. The number of ether oxygens (including phenoxy) is 2. The maximum atomic E-state index is 13.3. The van der Waals surface area contributed by atoms with Gasteiger partial charge >= 0.3 is 5.97 Å². The standard InChI is InChI=1S/C36H45N3O4/c1-3-5-6-30-18-28-19-31(42-13-14-43-34(41)23-37)11-12-32(28)35(39(30)33(40)4-2)27-7-9-29(10-8-27)38-36-20-24-15-25(21-36)17-26(16-24)22-36/h2,7-12,19,24-26,30,35,38H,3,5-6,13-18,20-23,37H2,1H3/t24?,25?,26?,30-,35-,36?/m0/s1. The van der Waals surface area contributed by atoms with Crippen LogP contribution in [-0.4, -0.2) is 48.1 Å². The zero-order valence-electron chi connectivity index (χ0n) is 25.4. The first-order valence-corrected chi connectivity index (χ1v) is 16.2. The molecule has 0 aromatic heterocycles. The summed E-state index contributed by atoms with van der Waals surface area (Å²) in [7, 11) is 0. The molecule has 0 spiro atoms. The van der Waals surface area contributed by atoms with Gasteiger partial charge in [0.2, 0.25) is 0 Å². The van der Waals surface area contributed by atoms with E-state index >= 15 is 0 Å². The molecule has 7 nitrogen and oxygen atoms in total. The molecule has 1 heterocycles. The quantitative estimate of drug-likeness (QED) is 0.203. The van der Waals surface area contributed by atoms with Crippen LogP contribution in [0, 0.1) is 30.1 Å². The van der Waals surface area contributed by atoms with Crippen LogP contribution in [0.15, 0.2) is 42.5 Å². The molecule has 2 aromatic carbocycles. The molecule has 2 atom stereocenters. The van der Waals surface area contributed by atoms with Crippen LogP contribution in [0.5, 0.6) is 5.75 Å². The Morgan fingerprint density at radius 1 is 1.05 bits per heavy atom. The number of esters is 1. The Morgan fingerprint density at radius 2 is 1.74 bits per heavy atom. The summed E-state index contributed by atoms with van der Waals surface area (Å²) in [4.78, 5) is 26.6. The highest BCUT2D eigenvalue weighted by Gasteiger charge is 2.51. The van der Waals surface area contributed by atoms with Gasteiger partial charge in [0.15, 0.2) is 0 Å². The maximum Gasteiger partial charge on any atom is 0.319 e. The maximum absolute atomic E-state index is 13.3. The zero-order chi connectivity index (χ0) is 30.0. The lowest BCUT2D eigenvalue weighted by atomic mass is 9.53. The number of fused-ring (bicyclic) bond motifs is 1. The van der Waals surface area contributed by atoms with Crippen molar-refractivity contribution in [3.8, 4) is 18.1 Å². The molecule has 228 valence electrons. The average molecular weight is 584 g/mol. The van der Waals surface area contributed by atoms with Crippen LogP contribution in [0.2, 0.25) is 0 Å². The Morgan fingerprint density at radius 3 is 2.37 bits per heavy atom. The molecule has 4 fully saturated rings. The van der Waals surface area contributed by atoms with Gasteiger partial charge in [0, 0.05) is 17.3 Å². The second kappa shape index (κ2) is 12.6. The fourth-order valence-electron chi connectivity index (χ4n) is 8.90. The Balaban J connectivity index is 1.26. The minimum Gasteiger partial charge on any atom is -0.490 e. The van der Waals surface area contributed by atoms with Crippen LogP contribution >= 0.6 is 0 Å². The Kier molecular flexibility index (Phi) is 8.68. The Bertz CT molecular complexity index is 1330. The third-order valence-corrected chi connectivity index (χ3v) is 10.2. The highest BCUT2D eigenvalue weighted by molar-refractivity contribution is 5.94. The molecule has 4 aliphatic carbocycles. The minimum atomic E-state index is -0.451. The second-order valence-electron chi connectivity index (χ2n) is 13.3. The van der Waals surface area contributed by atoms with Crippen LogP contribution in [-0.2, 0) is 20.7 Å². The summed E-state index contributed by atoms with van der Waals surface area (Å²) in [5, 5.41) is 3.99. The number of hydrogen-bond donors (Lipinski definition) is 2. The van der Waals surface area contributed by atoms with E-state index < -0.39 is 5.97 Å². The molecular weight excluding hydrogens is 538 g/mol. The smallest absolute Gasteiger partial charge is 0.319 e. The molecule has 0 unspecified atom stereocenters. The molecule has 1 amide bonds. The van der Waals surface area contributed by atoms with E-state index in [0.29, 0.717) is 12.2 Å². The average Bonchev–Trinajstić information content (AvgIpc) is 3.00. The van der Waals surface area contributed by atoms with Crippen molar-refractivity contribution in [2.24, 2.45) is 23.5 Å². The predicted octanol–water partition coefficient (Wildman–Crippen LogP) is 5.61. The number of nitrogens with one attached hydrogen (secondary N) is 1. The van der Waals surface area contributed by atoms with Gasteiger partial charge in [-0.15, -0.1) is 6.42 Å². The first-order valence-electron chi connectivity index (χ1n) is 16.2. The van der Waals surface area contributed by atoms with Crippen molar-refractivity contribution in [1.82, 2.24) is 4.90 Å². The number of nitrogens with zero attached hydrogens (tertiary/aromatic N) is 1. The van der Waals surface area contributed by atoms with Gasteiger partial charge < -0.3 is 25.4 Å². The van der Waals surface area contributed by atoms with Gasteiger partial charge in [-0.1, -0.05) is 38.0 Å². The van der Waals surface area contributed by atoms with Crippen molar-refractivity contribution in [2.75, 3.05) is 25.1 Å². The zero-order valence-corrected chi connectivity index (χ0v) is 25.4. The summed E-state index contributed by atoms with van der Waals surface area (Å²) in [6, 6.07) is 14.5. The molecule has 7 rings (SSSR count). The topological polar surface area (TPSA) is 93.9 Å². The highest BCUT2D eigenvalue weighted by Crippen LogP contribution is 2.56. The summed E-state index contributed by atoms with van der Waals surface area (Å²) in [6.07, 6.45) is 17.5. The van der Waals surface area contributed by atoms with E-state index in [9.17, 15) is 9.59 Å². The summed E-state index contributed by atoms with van der Waals surface area (Å²) in [5.74, 6) is 5.07. The molecular formula is C36H45N3O4. The molecule has 7 heteroatoms. The SMILES string of the molecule is C#CC(=O)N1[C@@H](CCCC)Cc2cc(OCCOC(=O)CN)ccc2[C@@H]1c1ccc(NC23CC4CC(CC(C4)C2)C3)cc1. The fraction of sp³-hybridized carbons (Fsp3) is 0.556. The Labute approximate surface area is 255 Å². The van der Waals surface area contributed by atoms with Crippen molar-refractivity contribution in [2.45, 2.75) is 88.8 Å². The van der Waals surface area contributed by atoms with Gasteiger partial charge in [-0.3, -0.25) is 9.59 Å². The van der Waals surface area contributed by atoms with Gasteiger partial charge in [0.25, 0.3) is 5.91 Å². The van der Waals surface area contributed by atoms with Crippen LogP contribution in [0.25, 0.3) is 0 Å². The second-order valence-corrected chi connectivity index (χ2v) is 13.3. The number of hydrogen-bond acceptors (Lipinski definition) is 6. The lowest BCUT2D eigenvalue weighted by Crippen LogP contribution is -2.54. The lowest BCUT2D eigenvalue weighted by molar-refractivity contribution is -0.142. The molecule has 5 aliphatic rings. The normalized spacial score (nSPS) is 28.6. The number of nitrogens with two attached hydrogens (primary N) is 1. The fourth-order valence-corrected chi connectivity index (χ4v) is 8.90. The largest absolute Gasteiger partial charge is 0.490 e. The summed E-state index contributed by atoms with van der Waals surface area (Å²) in [6.45, 7) is 2.40. The number of anilines is 1. The van der Waals surface area contributed by atoms with E-state index in [0.717, 1.165) is 59.4 Å². The van der Waals surface area contributed by atoms with Crippen molar-refractivity contribution >= 4 is 17.6 Å². The van der Waals surface area contributed by atoms with E-state index in [1.165, 1.54) is 38.5 Å². The van der Waals surface area contributed by atoms with Crippen LogP contribution in [0.4, 0.5) is 5.69 Å². The van der Waals surface area contributed by atoms with E-state index in [4.69, 9.17) is 21.6 Å². The molecule has 2 aromatic rings. The molecule has 1 aliphatic heterocycles. The number of benzene rings is 2. The van der Waals surface area contributed by atoms with Gasteiger partial charge in [-0.05, 0) is 116 Å². The molecule has 0 saturated heterocycles. The number of unbranched alkanes of at least 4 members (excludes halogenated alkanes) is 1. The molecule has 4 bridgehead atoms. The first kappa shape index (κ1) is 29.6. The minimum absolute atomic E-state index is 0.00779. The number of rotatable bonds is 11. The molecule has 4 saturated carbocycles. The van der Waals surface area contributed by atoms with Crippen LogP contribution < -0.4 is 15.8 Å². The van der Waals surface area contributed by atoms with E-state index in [2.05, 4.69) is 54.6 Å². The number of carbonyl (C=O) groups is 2. The van der Waals surface area contributed by atoms with E-state index in [-0.39, 0.29) is 43.3 Å². The van der Waals surface area contributed by atoms with Crippen molar-refractivity contribution in [1.29, 1.82) is 0 Å². The summed E-state index contributed by atoms with van der Waals surface area (Å²) < 4.78 is 11.0. The third-order valence-electron chi connectivity index (χ3n) is 10.2. The van der Waals surface area contributed by atoms with E-state index in [1.807, 2.05) is 11.0 Å². The van der Waals surface area contributed by atoms with Gasteiger partial charge in [0.05, 0.1) is 12.6 Å². The molecule has 3 N–H and O–H groups in total. The number of carbonyl (C=O) groups excluding carboxylic acids is 2. The molecule has 0 radical (unpaired) electrons. The highest BCUT2D eigenvalue weighted by atomic mass is 16.6. The van der Waals surface area contributed by atoms with E-state index in [1.54, 1.807) is 0 Å². The van der Waals surface area contributed by atoms with Gasteiger partial charge in [0.1, 0.15) is 19.0 Å². The van der Waals surface area contributed by atoms with Crippen molar-refractivity contribution < 1.29 is 19.1 Å². The lowest BCUT2D eigenvalue weighted by Gasteiger charge is -2.57. The molecule has 43 heavy (non-hydrogen) atoms. The third kappa shape index (κ3) is 6.26. The van der Waals surface area contributed by atoms with Gasteiger partial charge in [-0.25, -0.2) is 0 Å². The predicted molar refractivity (Wildman–Crippen MR) is 167 cm³/mol. The number of terminal acetylenes is 1. The van der Waals surface area contributed by atoms with Crippen molar-refractivity contribution in [3.63, 3.8) is 0 Å². The Hall–Kier alpha value is -3.50. The number of amides is 1. The van der Waals surface area contributed by atoms with Crippen LogP contribution in [0.1, 0.15) is 87.4 Å². The van der Waals surface area contributed by atoms with Gasteiger partial charge in [-0.2, -0.15) is 0 Å². The monoisotopic (exact) mass is 583 g/mol. The van der Waals surface area contributed by atoms with Crippen molar-refractivity contribution in [3.05, 3.63) is 59.2 Å². The van der Waals surface area contributed by atoms with Crippen LogP contribution in [0.3, 0.4) is 0 Å². The summed E-state index contributed by atoms with van der Waals surface area (Å²) in [5.41, 5.74) is 10.00.